The van der Waals surface area contributed by atoms with Crippen LogP contribution in [-0.4, -0.2) is 58.2 Å². The van der Waals surface area contributed by atoms with E-state index < -0.39 is 5.97 Å². The molecule has 3 heterocycles. The lowest BCUT2D eigenvalue weighted by atomic mass is 10.0. The van der Waals surface area contributed by atoms with Crippen LogP contribution in [-0.2, 0) is 0 Å². The standard InChI is InChI=1S/C23H24N4O3S/c1-26(2)13-14-27-21(20(25-23(27)31)17-9-5-6-12-24-17)19-11-10-18(30-19)15-7-3-4-8-16(15)22(28)29/h3-12,20-21H,13-14H2,1-2H3,(H,25,31)(H,28,29)/t20-,21-/m0/s1. The lowest BCUT2D eigenvalue weighted by Gasteiger charge is -2.27. The smallest absolute Gasteiger partial charge is 0.336 e. The van der Waals surface area contributed by atoms with E-state index in [1.54, 1.807) is 30.5 Å². The number of nitrogens with zero attached hydrogens (tertiary/aromatic N) is 3. The van der Waals surface area contributed by atoms with Crippen LogP contribution < -0.4 is 5.32 Å². The van der Waals surface area contributed by atoms with Gasteiger partial charge < -0.3 is 24.6 Å². The molecule has 2 N–H and O–H groups in total. The first-order valence-electron chi connectivity index (χ1n) is 10.0. The van der Waals surface area contributed by atoms with Crippen molar-refractivity contribution in [3.8, 4) is 11.3 Å². The third kappa shape index (κ3) is 4.30. The summed E-state index contributed by atoms with van der Waals surface area (Å²) in [6.45, 7) is 1.54. The molecule has 0 saturated carbocycles. The van der Waals surface area contributed by atoms with Crippen LogP contribution in [0.25, 0.3) is 11.3 Å². The summed E-state index contributed by atoms with van der Waals surface area (Å²) in [7, 11) is 4.04. The van der Waals surface area contributed by atoms with Crippen LogP contribution in [0.2, 0.25) is 0 Å². The van der Waals surface area contributed by atoms with E-state index in [0.717, 1.165) is 12.2 Å². The minimum atomic E-state index is -0.990. The molecular weight excluding hydrogens is 412 g/mol. The van der Waals surface area contributed by atoms with Crippen molar-refractivity contribution in [1.29, 1.82) is 0 Å². The summed E-state index contributed by atoms with van der Waals surface area (Å²) in [6.07, 6.45) is 1.76. The fourth-order valence-electron chi connectivity index (χ4n) is 3.80. The van der Waals surface area contributed by atoms with Gasteiger partial charge in [0.25, 0.3) is 0 Å². The van der Waals surface area contributed by atoms with Gasteiger partial charge in [-0.2, -0.15) is 0 Å². The number of nitrogens with one attached hydrogen (secondary N) is 1. The van der Waals surface area contributed by atoms with Crippen molar-refractivity contribution in [3.05, 3.63) is 77.8 Å². The largest absolute Gasteiger partial charge is 0.478 e. The van der Waals surface area contributed by atoms with Gasteiger partial charge in [-0.15, -0.1) is 0 Å². The summed E-state index contributed by atoms with van der Waals surface area (Å²) >= 11 is 5.65. The van der Waals surface area contributed by atoms with Crippen LogP contribution in [0.4, 0.5) is 0 Å². The third-order valence-corrected chi connectivity index (χ3v) is 5.68. The maximum absolute atomic E-state index is 11.6. The molecule has 7 nitrogen and oxygen atoms in total. The number of thiocarbonyl (C=S) groups is 1. The number of hydrogen-bond acceptors (Lipinski definition) is 5. The van der Waals surface area contributed by atoms with E-state index >= 15 is 0 Å². The summed E-state index contributed by atoms with van der Waals surface area (Å²) < 4.78 is 6.24. The molecular formula is C23H24N4O3S. The number of aromatic nitrogens is 1. The number of hydrogen-bond donors (Lipinski definition) is 2. The summed E-state index contributed by atoms with van der Waals surface area (Å²) in [6, 6.07) is 16.0. The second-order valence-corrected chi connectivity index (χ2v) is 8.06. The molecule has 3 aromatic rings. The Labute approximate surface area is 186 Å². The molecule has 0 unspecified atom stereocenters. The SMILES string of the molecule is CN(C)CCN1C(=S)N[C@@H](c2ccccn2)[C@@H]1c1ccc(-c2ccccc2C(=O)O)o1. The Bertz CT molecular complexity index is 1080. The van der Waals surface area contributed by atoms with Crippen molar-refractivity contribution < 1.29 is 14.3 Å². The molecule has 1 aliphatic heterocycles. The number of carboxylic acid groups (broad SMARTS) is 1. The van der Waals surface area contributed by atoms with Crippen LogP contribution in [0.3, 0.4) is 0 Å². The highest BCUT2D eigenvalue weighted by molar-refractivity contribution is 7.80. The van der Waals surface area contributed by atoms with Gasteiger partial charge in [0.15, 0.2) is 5.11 Å². The van der Waals surface area contributed by atoms with Crippen molar-refractivity contribution in [1.82, 2.24) is 20.1 Å². The van der Waals surface area contributed by atoms with E-state index in [1.807, 2.05) is 44.4 Å². The number of furan rings is 1. The fourth-order valence-corrected chi connectivity index (χ4v) is 4.14. The van der Waals surface area contributed by atoms with E-state index in [0.29, 0.717) is 28.7 Å². The zero-order valence-electron chi connectivity index (χ0n) is 17.4. The lowest BCUT2D eigenvalue weighted by molar-refractivity contribution is 0.0697. The van der Waals surface area contributed by atoms with Crippen molar-refractivity contribution in [3.63, 3.8) is 0 Å². The quantitative estimate of drug-likeness (QED) is 0.544. The first-order valence-corrected chi connectivity index (χ1v) is 10.4. The van der Waals surface area contributed by atoms with E-state index in [4.69, 9.17) is 16.6 Å². The monoisotopic (exact) mass is 436 g/mol. The van der Waals surface area contributed by atoms with Crippen LogP contribution in [0.15, 0.2) is 65.2 Å². The van der Waals surface area contributed by atoms with E-state index in [2.05, 4.69) is 20.1 Å². The van der Waals surface area contributed by atoms with Gasteiger partial charge in [-0.1, -0.05) is 24.3 Å². The molecule has 160 valence electrons. The van der Waals surface area contributed by atoms with E-state index in [1.165, 1.54) is 0 Å². The summed E-state index contributed by atoms with van der Waals surface area (Å²) in [5.74, 6) is 0.228. The Morgan fingerprint density at radius 2 is 1.97 bits per heavy atom. The first kappa shape index (κ1) is 21.0. The molecule has 2 atom stereocenters. The number of pyridine rings is 1. The van der Waals surface area contributed by atoms with Gasteiger partial charge in [-0.25, -0.2) is 4.79 Å². The highest BCUT2D eigenvalue weighted by Gasteiger charge is 2.41. The van der Waals surface area contributed by atoms with Gasteiger partial charge in [0.1, 0.15) is 17.6 Å². The molecule has 0 bridgehead atoms. The molecule has 8 heteroatoms. The zero-order chi connectivity index (χ0) is 22.0. The molecule has 0 spiro atoms. The predicted octanol–water partition coefficient (Wildman–Crippen LogP) is 3.57. The molecule has 1 aromatic carbocycles. The topological polar surface area (TPSA) is 81.8 Å². The minimum Gasteiger partial charge on any atom is -0.478 e. The summed E-state index contributed by atoms with van der Waals surface area (Å²) in [5.41, 5.74) is 1.62. The normalized spacial score (nSPS) is 18.4. The van der Waals surface area contributed by atoms with Crippen molar-refractivity contribution in [2.24, 2.45) is 0 Å². The Morgan fingerprint density at radius 1 is 1.19 bits per heavy atom. The number of rotatable bonds is 7. The maximum atomic E-state index is 11.6. The minimum absolute atomic E-state index is 0.176. The third-order valence-electron chi connectivity index (χ3n) is 5.33. The van der Waals surface area contributed by atoms with Crippen LogP contribution in [0.5, 0.6) is 0 Å². The van der Waals surface area contributed by atoms with Crippen LogP contribution in [0.1, 0.15) is 33.9 Å². The average Bonchev–Trinajstić information content (AvgIpc) is 3.37. The van der Waals surface area contributed by atoms with Crippen LogP contribution >= 0.6 is 12.2 Å². The van der Waals surface area contributed by atoms with Gasteiger partial charge in [-0.05, 0) is 56.6 Å². The number of benzene rings is 1. The molecule has 1 saturated heterocycles. The number of aromatic carboxylic acids is 1. The molecule has 0 aliphatic carbocycles. The molecule has 31 heavy (non-hydrogen) atoms. The van der Waals surface area contributed by atoms with Gasteiger partial charge in [-0.3, -0.25) is 4.98 Å². The van der Waals surface area contributed by atoms with Crippen molar-refractivity contribution in [2.75, 3.05) is 27.2 Å². The lowest BCUT2D eigenvalue weighted by Crippen LogP contribution is -2.35. The van der Waals surface area contributed by atoms with Crippen molar-refractivity contribution in [2.45, 2.75) is 12.1 Å². The molecule has 1 fully saturated rings. The molecule has 4 rings (SSSR count). The van der Waals surface area contributed by atoms with Crippen molar-refractivity contribution >= 4 is 23.3 Å². The molecule has 1 aliphatic rings. The van der Waals surface area contributed by atoms with Crippen LogP contribution in [0, 0.1) is 0 Å². The van der Waals surface area contributed by atoms with Gasteiger partial charge >= 0.3 is 5.97 Å². The Balaban J connectivity index is 1.73. The Hall–Kier alpha value is -3.23. The fraction of sp³-hybridized carbons (Fsp3) is 0.261. The number of carbonyl (C=O) groups is 1. The average molecular weight is 437 g/mol. The molecule has 2 aromatic heterocycles. The predicted molar refractivity (Wildman–Crippen MR) is 122 cm³/mol. The Kier molecular flexibility index (Phi) is 6.01. The van der Waals surface area contributed by atoms with Gasteiger partial charge in [0, 0.05) is 24.8 Å². The van der Waals surface area contributed by atoms with Gasteiger partial charge in [0.2, 0.25) is 0 Å². The first-order chi connectivity index (χ1) is 15.0. The summed E-state index contributed by atoms with van der Waals surface area (Å²) in [5, 5.41) is 13.6. The molecule has 0 radical (unpaired) electrons. The Morgan fingerprint density at radius 3 is 2.68 bits per heavy atom. The van der Waals surface area contributed by atoms with E-state index in [-0.39, 0.29) is 17.6 Å². The second kappa shape index (κ2) is 8.87. The number of likely N-dealkylation sites (N-methyl/N-ethyl adjacent to an activating group) is 1. The summed E-state index contributed by atoms with van der Waals surface area (Å²) in [4.78, 5) is 20.4. The van der Waals surface area contributed by atoms with E-state index in [9.17, 15) is 9.90 Å². The molecule has 0 amide bonds. The maximum Gasteiger partial charge on any atom is 0.336 e. The number of carboxylic acids is 1. The second-order valence-electron chi connectivity index (χ2n) is 7.68. The van der Waals surface area contributed by atoms with Gasteiger partial charge in [0.05, 0.1) is 17.3 Å². The highest BCUT2D eigenvalue weighted by atomic mass is 32.1. The zero-order valence-corrected chi connectivity index (χ0v) is 18.2. The highest BCUT2D eigenvalue weighted by Crippen LogP contribution is 2.40.